The zero-order valence-corrected chi connectivity index (χ0v) is 12.5. The minimum atomic E-state index is 0.0843. The van der Waals surface area contributed by atoms with E-state index in [0.29, 0.717) is 6.42 Å². The van der Waals surface area contributed by atoms with Crippen LogP contribution in [0.5, 0.6) is 0 Å². The van der Waals surface area contributed by atoms with Crippen LogP contribution in [-0.2, 0) is 11.2 Å². The van der Waals surface area contributed by atoms with E-state index in [-0.39, 0.29) is 11.9 Å². The molecule has 0 saturated heterocycles. The molecule has 1 aromatic heterocycles. The Morgan fingerprint density at radius 1 is 1.18 bits per heavy atom. The molecule has 3 aromatic rings. The molecule has 3 nitrogen and oxygen atoms in total. The number of carbonyl (C=O) groups excluding carboxylic acids is 1. The van der Waals surface area contributed by atoms with Crippen molar-refractivity contribution in [3.63, 3.8) is 0 Å². The Bertz CT molecular complexity index is 849. The Morgan fingerprint density at radius 2 is 1.95 bits per heavy atom. The Hall–Kier alpha value is -2.55. The van der Waals surface area contributed by atoms with Crippen LogP contribution in [-0.4, -0.2) is 10.9 Å². The van der Waals surface area contributed by atoms with E-state index in [1.165, 1.54) is 16.5 Å². The number of hydrogen-bond donors (Lipinski definition) is 1. The zero-order chi connectivity index (χ0) is 15.1. The lowest BCUT2D eigenvalue weighted by Gasteiger charge is -2.25. The van der Waals surface area contributed by atoms with Crippen molar-refractivity contribution in [3.05, 3.63) is 65.9 Å². The molecule has 0 bridgehead atoms. The predicted molar refractivity (Wildman–Crippen MR) is 89.0 cm³/mol. The Labute approximate surface area is 129 Å². The summed E-state index contributed by atoms with van der Waals surface area (Å²) in [5.74, 6) is 0.181. The summed E-state index contributed by atoms with van der Waals surface area (Å²) in [6.07, 6.45) is 3.45. The first-order valence-electron chi connectivity index (χ1n) is 7.75. The molecule has 1 atom stereocenters. The molecule has 0 aliphatic carbocycles. The molecule has 1 aliphatic rings. The highest BCUT2D eigenvalue weighted by Gasteiger charge is 2.34. The number of nitrogens with one attached hydrogen (secondary N) is 1. The number of carbonyl (C=O) groups is 1. The number of benzene rings is 2. The van der Waals surface area contributed by atoms with Gasteiger partial charge in [0.1, 0.15) is 0 Å². The van der Waals surface area contributed by atoms with Gasteiger partial charge in [0, 0.05) is 34.8 Å². The first kappa shape index (κ1) is 13.1. The summed E-state index contributed by atoms with van der Waals surface area (Å²) in [7, 11) is 0. The predicted octanol–water partition coefficient (Wildman–Crippen LogP) is 4.21. The van der Waals surface area contributed by atoms with Gasteiger partial charge in [0.25, 0.3) is 0 Å². The van der Waals surface area contributed by atoms with Crippen LogP contribution in [0.25, 0.3) is 10.9 Å². The summed E-state index contributed by atoms with van der Waals surface area (Å²) in [6, 6.07) is 16.6. The second-order valence-electron chi connectivity index (χ2n) is 5.76. The molecule has 1 N–H and O–H groups in total. The molecule has 0 radical (unpaired) electrons. The number of rotatable bonds is 2. The van der Waals surface area contributed by atoms with Crippen LogP contribution in [0, 0.1) is 0 Å². The highest BCUT2D eigenvalue weighted by molar-refractivity contribution is 5.97. The summed E-state index contributed by atoms with van der Waals surface area (Å²) in [4.78, 5) is 17.8. The van der Waals surface area contributed by atoms with Gasteiger partial charge >= 0.3 is 0 Å². The van der Waals surface area contributed by atoms with Crippen molar-refractivity contribution in [1.82, 2.24) is 4.98 Å². The molecule has 1 amide bonds. The zero-order valence-electron chi connectivity index (χ0n) is 12.5. The van der Waals surface area contributed by atoms with Crippen molar-refractivity contribution >= 4 is 22.5 Å². The lowest BCUT2D eigenvalue weighted by molar-refractivity contribution is -0.118. The fraction of sp³-hybridized carbons (Fsp3) is 0.211. The van der Waals surface area contributed by atoms with E-state index in [9.17, 15) is 4.79 Å². The maximum absolute atomic E-state index is 12.5. The number of amides is 1. The highest BCUT2D eigenvalue weighted by atomic mass is 16.2. The summed E-state index contributed by atoms with van der Waals surface area (Å²) in [5, 5.41) is 1.20. The minimum absolute atomic E-state index is 0.0843. The molecule has 0 spiro atoms. The van der Waals surface area contributed by atoms with E-state index in [2.05, 4.69) is 35.4 Å². The van der Waals surface area contributed by atoms with Crippen molar-refractivity contribution in [2.24, 2.45) is 0 Å². The number of para-hydroxylation sites is 2. The Kier molecular flexibility index (Phi) is 3.00. The van der Waals surface area contributed by atoms with Gasteiger partial charge in [-0.2, -0.15) is 0 Å². The van der Waals surface area contributed by atoms with Gasteiger partial charge in [-0.05, 0) is 24.1 Å². The van der Waals surface area contributed by atoms with Gasteiger partial charge in [-0.25, -0.2) is 0 Å². The van der Waals surface area contributed by atoms with Crippen molar-refractivity contribution in [2.45, 2.75) is 25.8 Å². The molecule has 3 heteroatoms. The lowest BCUT2D eigenvalue weighted by Crippen LogP contribution is -2.31. The first-order valence-corrected chi connectivity index (χ1v) is 7.75. The van der Waals surface area contributed by atoms with E-state index >= 15 is 0 Å². The number of aromatic nitrogens is 1. The molecule has 2 heterocycles. The largest absolute Gasteiger partial charge is 0.361 e. The van der Waals surface area contributed by atoms with Crippen LogP contribution in [0.3, 0.4) is 0 Å². The second-order valence-corrected chi connectivity index (χ2v) is 5.76. The average Bonchev–Trinajstić information content (AvgIpc) is 3.15. The maximum Gasteiger partial charge on any atom is 0.227 e. The summed E-state index contributed by atoms with van der Waals surface area (Å²) in [5.41, 5.74) is 4.63. The fourth-order valence-corrected chi connectivity index (χ4v) is 3.48. The van der Waals surface area contributed by atoms with Gasteiger partial charge in [0.05, 0.1) is 6.04 Å². The van der Waals surface area contributed by atoms with Gasteiger partial charge in [-0.3, -0.25) is 4.79 Å². The van der Waals surface area contributed by atoms with E-state index in [1.54, 1.807) is 0 Å². The average molecular weight is 290 g/mol. The van der Waals surface area contributed by atoms with Crippen LogP contribution in [0.2, 0.25) is 0 Å². The van der Waals surface area contributed by atoms with Gasteiger partial charge in [0.15, 0.2) is 0 Å². The van der Waals surface area contributed by atoms with Crippen LogP contribution in [0.1, 0.15) is 30.5 Å². The highest BCUT2D eigenvalue weighted by Crippen LogP contribution is 2.42. The SMILES string of the molecule is CCC(=O)N1c2ccccc2C[C@H]1c1c[nH]c2ccccc12. The summed E-state index contributed by atoms with van der Waals surface area (Å²) < 4.78 is 0. The first-order chi connectivity index (χ1) is 10.8. The van der Waals surface area contributed by atoms with Crippen molar-refractivity contribution in [1.29, 1.82) is 0 Å². The summed E-state index contributed by atoms with van der Waals surface area (Å²) >= 11 is 0. The smallest absolute Gasteiger partial charge is 0.227 e. The monoisotopic (exact) mass is 290 g/mol. The van der Waals surface area contributed by atoms with Gasteiger partial charge in [-0.1, -0.05) is 43.3 Å². The van der Waals surface area contributed by atoms with Crippen molar-refractivity contribution in [2.75, 3.05) is 4.90 Å². The van der Waals surface area contributed by atoms with E-state index in [0.717, 1.165) is 17.6 Å². The van der Waals surface area contributed by atoms with E-state index in [4.69, 9.17) is 0 Å². The van der Waals surface area contributed by atoms with Gasteiger partial charge < -0.3 is 9.88 Å². The van der Waals surface area contributed by atoms with E-state index < -0.39 is 0 Å². The van der Waals surface area contributed by atoms with Gasteiger partial charge in [0.2, 0.25) is 5.91 Å². The molecular weight excluding hydrogens is 272 g/mol. The molecule has 22 heavy (non-hydrogen) atoms. The minimum Gasteiger partial charge on any atom is -0.361 e. The third-order valence-corrected chi connectivity index (χ3v) is 4.53. The van der Waals surface area contributed by atoms with Crippen LogP contribution >= 0.6 is 0 Å². The molecule has 4 rings (SSSR count). The Balaban J connectivity index is 1.86. The molecule has 1 aliphatic heterocycles. The number of H-pyrrole nitrogens is 1. The number of fused-ring (bicyclic) bond motifs is 2. The molecular formula is C19H18N2O. The van der Waals surface area contributed by atoms with E-state index in [1.807, 2.05) is 36.1 Å². The van der Waals surface area contributed by atoms with Gasteiger partial charge in [-0.15, -0.1) is 0 Å². The lowest BCUT2D eigenvalue weighted by atomic mass is 10.0. The number of anilines is 1. The second kappa shape index (κ2) is 5.02. The maximum atomic E-state index is 12.5. The Morgan fingerprint density at radius 3 is 2.82 bits per heavy atom. The van der Waals surface area contributed by atoms with Crippen LogP contribution in [0.15, 0.2) is 54.7 Å². The quantitative estimate of drug-likeness (QED) is 0.754. The normalized spacial score (nSPS) is 17.0. The molecule has 0 fully saturated rings. The summed E-state index contributed by atoms with van der Waals surface area (Å²) in [6.45, 7) is 1.93. The molecule has 0 saturated carbocycles. The topological polar surface area (TPSA) is 36.1 Å². The molecule has 110 valence electrons. The standard InChI is InChI=1S/C19H18N2O/c1-2-19(22)21-17-10-6-3-7-13(17)11-18(21)15-12-20-16-9-5-4-8-14(15)16/h3-10,12,18,20H,2,11H2,1H3/t18-/m0/s1. The van der Waals surface area contributed by atoms with Crippen molar-refractivity contribution in [3.8, 4) is 0 Å². The fourth-order valence-electron chi connectivity index (χ4n) is 3.48. The third-order valence-electron chi connectivity index (χ3n) is 4.53. The number of hydrogen-bond acceptors (Lipinski definition) is 1. The van der Waals surface area contributed by atoms with Crippen LogP contribution < -0.4 is 4.90 Å². The number of aromatic amines is 1. The molecule has 0 unspecified atom stereocenters. The number of nitrogens with zero attached hydrogens (tertiary/aromatic N) is 1. The molecule has 2 aromatic carbocycles. The third kappa shape index (κ3) is 1.86. The van der Waals surface area contributed by atoms with Crippen LogP contribution in [0.4, 0.5) is 5.69 Å². The van der Waals surface area contributed by atoms with Crippen molar-refractivity contribution < 1.29 is 4.79 Å².